The number of benzene rings is 2. The lowest BCUT2D eigenvalue weighted by Gasteiger charge is -2.07. The van der Waals surface area contributed by atoms with Gasteiger partial charge in [0.25, 0.3) is 0 Å². The van der Waals surface area contributed by atoms with Gasteiger partial charge in [-0.15, -0.1) is 0 Å². The van der Waals surface area contributed by atoms with Crippen molar-refractivity contribution in [2.24, 2.45) is 0 Å². The standard InChI is InChI=1S/C17H11NO5/c19-16-8-12(11-3-1-2-4-13(11)18-16)17(20)23-10-5-6-14-15(7-10)22-9-21-14/h1-8H,9H2,(H,18,19). The number of ether oxygens (including phenoxy) is 3. The van der Waals surface area contributed by atoms with Crippen LogP contribution in [0.2, 0.25) is 0 Å². The minimum Gasteiger partial charge on any atom is -0.454 e. The molecule has 0 saturated heterocycles. The van der Waals surface area contributed by atoms with E-state index in [-0.39, 0.29) is 17.9 Å². The fourth-order valence-electron chi connectivity index (χ4n) is 2.48. The average molecular weight is 309 g/mol. The largest absolute Gasteiger partial charge is 0.454 e. The summed E-state index contributed by atoms with van der Waals surface area (Å²) in [6.45, 7) is 0.144. The van der Waals surface area contributed by atoms with E-state index in [1.54, 1.807) is 42.5 Å². The smallest absolute Gasteiger partial charge is 0.344 e. The van der Waals surface area contributed by atoms with E-state index >= 15 is 0 Å². The fourth-order valence-corrected chi connectivity index (χ4v) is 2.48. The normalized spacial score (nSPS) is 12.3. The number of H-pyrrole nitrogens is 1. The molecule has 3 aromatic rings. The molecule has 0 aliphatic carbocycles. The van der Waals surface area contributed by atoms with Gasteiger partial charge in [0, 0.05) is 23.0 Å². The Hall–Kier alpha value is -3.28. The van der Waals surface area contributed by atoms with Crippen molar-refractivity contribution in [3.05, 3.63) is 64.4 Å². The number of hydrogen-bond acceptors (Lipinski definition) is 5. The number of para-hydroxylation sites is 1. The van der Waals surface area contributed by atoms with E-state index in [1.165, 1.54) is 6.07 Å². The number of rotatable bonds is 2. The first-order chi connectivity index (χ1) is 11.2. The Kier molecular flexibility index (Phi) is 3.01. The predicted octanol–water partition coefficient (Wildman–Crippen LogP) is 2.48. The zero-order chi connectivity index (χ0) is 15.8. The quantitative estimate of drug-likeness (QED) is 0.581. The summed E-state index contributed by atoms with van der Waals surface area (Å²) in [5.41, 5.74) is 0.431. The topological polar surface area (TPSA) is 77.6 Å². The molecular formula is C17H11NO5. The van der Waals surface area contributed by atoms with Crippen molar-refractivity contribution >= 4 is 16.9 Å². The Morgan fingerprint density at radius 2 is 1.87 bits per heavy atom. The summed E-state index contributed by atoms with van der Waals surface area (Å²) >= 11 is 0. The molecule has 0 amide bonds. The van der Waals surface area contributed by atoms with Crippen molar-refractivity contribution in [1.29, 1.82) is 0 Å². The molecule has 114 valence electrons. The van der Waals surface area contributed by atoms with Gasteiger partial charge >= 0.3 is 5.97 Å². The van der Waals surface area contributed by atoms with Crippen molar-refractivity contribution in [1.82, 2.24) is 4.98 Å². The predicted molar refractivity (Wildman–Crippen MR) is 82.1 cm³/mol. The molecule has 1 aromatic heterocycles. The third-order valence-corrected chi connectivity index (χ3v) is 3.53. The monoisotopic (exact) mass is 309 g/mol. The van der Waals surface area contributed by atoms with Crippen molar-refractivity contribution in [3.8, 4) is 17.2 Å². The molecule has 2 aromatic carbocycles. The molecule has 1 N–H and O–H groups in total. The van der Waals surface area contributed by atoms with E-state index in [4.69, 9.17) is 14.2 Å². The minimum atomic E-state index is -0.605. The van der Waals surface area contributed by atoms with Crippen molar-refractivity contribution in [2.45, 2.75) is 0 Å². The van der Waals surface area contributed by atoms with E-state index in [2.05, 4.69) is 4.98 Å². The number of aromatic nitrogens is 1. The van der Waals surface area contributed by atoms with Gasteiger partial charge in [-0.25, -0.2) is 4.79 Å². The van der Waals surface area contributed by atoms with Gasteiger partial charge in [-0.3, -0.25) is 4.79 Å². The summed E-state index contributed by atoms with van der Waals surface area (Å²) < 4.78 is 15.8. The number of pyridine rings is 1. The first-order valence-corrected chi connectivity index (χ1v) is 6.94. The van der Waals surface area contributed by atoms with Crippen LogP contribution in [0.3, 0.4) is 0 Å². The molecule has 0 spiro atoms. The number of hydrogen-bond donors (Lipinski definition) is 1. The molecule has 1 aliphatic heterocycles. The molecule has 1 aliphatic rings. The summed E-state index contributed by atoms with van der Waals surface area (Å²) in [4.78, 5) is 26.8. The first kappa shape index (κ1) is 13.4. The van der Waals surface area contributed by atoms with Crippen LogP contribution in [0.4, 0.5) is 0 Å². The number of esters is 1. The summed E-state index contributed by atoms with van der Waals surface area (Å²) in [6, 6.07) is 13.1. The maximum Gasteiger partial charge on any atom is 0.344 e. The molecule has 23 heavy (non-hydrogen) atoms. The Balaban J connectivity index is 1.71. The number of fused-ring (bicyclic) bond motifs is 2. The van der Waals surface area contributed by atoms with Crippen LogP contribution in [0.25, 0.3) is 10.9 Å². The Morgan fingerprint density at radius 1 is 1.04 bits per heavy atom. The van der Waals surface area contributed by atoms with E-state index in [0.717, 1.165) is 0 Å². The van der Waals surface area contributed by atoms with Crippen molar-refractivity contribution < 1.29 is 19.0 Å². The number of nitrogens with one attached hydrogen (secondary N) is 1. The van der Waals surface area contributed by atoms with Gasteiger partial charge in [0.15, 0.2) is 11.5 Å². The van der Waals surface area contributed by atoms with Crippen LogP contribution < -0.4 is 19.8 Å². The van der Waals surface area contributed by atoms with Gasteiger partial charge in [-0.05, 0) is 18.2 Å². The van der Waals surface area contributed by atoms with E-state index < -0.39 is 5.97 Å². The van der Waals surface area contributed by atoms with Gasteiger partial charge in [0.05, 0.1) is 5.56 Å². The molecule has 4 rings (SSSR count). The second-order valence-electron chi connectivity index (χ2n) is 5.00. The lowest BCUT2D eigenvalue weighted by Crippen LogP contribution is -2.14. The van der Waals surface area contributed by atoms with Crippen LogP contribution in [-0.4, -0.2) is 17.7 Å². The molecular weight excluding hydrogens is 298 g/mol. The van der Waals surface area contributed by atoms with Crippen LogP contribution in [-0.2, 0) is 0 Å². The van der Waals surface area contributed by atoms with Gasteiger partial charge < -0.3 is 19.2 Å². The molecule has 0 saturated carbocycles. The van der Waals surface area contributed by atoms with E-state index in [0.29, 0.717) is 28.2 Å². The molecule has 0 unspecified atom stereocenters. The SMILES string of the molecule is O=C(Oc1ccc2c(c1)OCO2)c1cc(=O)[nH]c2ccccc12. The Morgan fingerprint density at radius 3 is 2.78 bits per heavy atom. The third kappa shape index (κ3) is 2.40. The van der Waals surface area contributed by atoms with Gasteiger partial charge in [0.1, 0.15) is 5.75 Å². The molecule has 6 nitrogen and oxygen atoms in total. The van der Waals surface area contributed by atoms with E-state index in [1.807, 2.05) is 0 Å². The van der Waals surface area contributed by atoms with Crippen LogP contribution in [0.1, 0.15) is 10.4 Å². The summed E-state index contributed by atoms with van der Waals surface area (Å²) in [7, 11) is 0. The zero-order valence-corrected chi connectivity index (χ0v) is 11.9. The van der Waals surface area contributed by atoms with Gasteiger partial charge in [-0.2, -0.15) is 0 Å². The first-order valence-electron chi connectivity index (χ1n) is 6.94. The number of aromatic amines is 1. The lowest BCUT2D eigenvalue weighted by molar-refractivity contribution is 0.0736. The highest BCUT2D eigenvalue weighted by Crippen LogP contribution is 2.35. The molecule has 2 heterocycles. The summed E-state index contributed by atoms with van der Waals surface area (Å²) in [5.74, 6) is 0.840. The van der Waals surface area contributed by atoms with Crippen molar-refractivity contribution in [3.63, 3.8) is 0 Å². The fraction of sp³-hybridized carbons (Fsp3) is 0.0588. The minimum absolute atomic E-state index is 0.144. The molecule has 6 heteroatoms. The lowest BCUT2D eigenvalue weighted by atomic mass is 10.1. The molecule has 0 fully saturated rings. The second kappa shape index (κ2) is 5.17. The highest BCUT2D eigenvalue weighted by Gasteiger charge is 2.17. The maximum absolute atomic E-state index is 12.4. The molecule has 0 atom stereocenters. The zero-order valence-electron chi connectivity index (χ0n) is 11.9. The summed E-state index contributed by atoms with van der Waals surface area (Å²) in [6.07, 6.45) is 0. The van der Waals surface area contributed by atoms with Crippen LogP contribution >= 0.6 is 0 Å². The highest BCUT2D eigenvalue weighted by molar-refractivity contribution is 6.04. The third-order valence-electron chi connectivity index (χ3n) is 3.53. The number of carbonyl (C=O) groups excluding carboxylic acids is 1. The van der Waals surface area contributed by atoms with Crippen molar-refractivity contribution in [2.75, 3.05) is 6.79 Å². The van der Waals surface area contributed by atoms with Crippen LogP contribution in [0, 0.1) is 0 Å². The summed E-state index contributed by atoms with van der Waals surface area (Å²) in [5, 5.41) is 0.623. The van der Waals surface area contributed by atoms with Gasteiger partial charge in [0.2, 0.25) is 12.4 Å². The molecule has 0 bridgehead atoms. The van der Waals surface area contributed by atoms with Gasteiger partial charge in [-0.1, -0.05) is 18.2 Å². The Bertz CT molecular complexity index is 976. The molecule has 0 radical (unpaired) electrons. The average Bonchev–Trinajstić information content (AvgIpc) is 3.01. The van der Waals surface area contributed by atoms with Crippen LogP contribution in [0.5, 0.6) is 17.2 Å². The number of carbonyl (C=O) groups is 1. The highest BCUT2D eigenvalue weighted by atomic mass is 16.7. The van der Waals surface area contributed by atoms with Crippen LogP contribution in [0.15, 0.2) is 53.3 Å². The maximum atomic E-state index is 12.4. The second-order valence-corrected chi connectivity index (χ2v) is 5.00. The Labute approximate surface area is 130 Å². The van der Waals surface area contributed by atoms with E-state index in [9.17, 15) is 9.59 Å².